The third kappa shape index (κ3) is 5.21. The average molecular weight is 360 g/mol. The van der Waals surface area contributed by atoms with Gasteiger partial charge in [-0.15, -0.1) is 0 Å². The Kier molecular flexibility index (Phi) is 6.60. The molecule has 0 atom stereocenters. The molecule has 1 heterocycles. The Bertz CT molecular complexity index is 679. The van der Waals surface area contributed by atoms with Crippen LogP contribution >= 0.6 is 0 Å². The molecule has 0 aliphatic carbocycles. The van der Waals surface area contributed by atoms with E-state index in [0.717, 1.165) is 11.3 Å². The molecule has 1 aliphatic rings. The molecular weight excluding hydrogens is 332 g/mol. The number of anilines is 1. The van der Waals surface area contributed by atoms with Gasteiger partial charge in [0.25, 0.3) is 5.91 Å². The number of piperazine rings is 1. The third-order valence-electron chi connectivity index (χ3n) is 4.42. The summed E-state index contributed by atoms with van der Waals surface area (Å²) in [6.07, 6.45) is 0. The van der Waals surface area contributed by atoms with Crippen LogP contribution in [0.4, 0.5) is 5.69 Å². The van der Waals surface area contributed by atoms with Gasteiger partial charge in [0.1, 0.15) is 0 Å². The van der Waals surface area contributed by atoms with Crippen LogP contribution in [0.1, 0.15) is 36.7 Å². The van der Waals surface area contributed by atoms with Crippen LogP contribution in [0.5, 0.6) is 0 Å². The highest BCUT2D eigenvalue weighted by molar-refractivity contribution is 5.95. The van der Waals surface area contributed by atoms with Crippen molar-refractivity contribution in [3.8, 4) is 0 Å². The van der Waals surface area contributed by atoms with Crippen LogP contribution in [-0.4, -0.2) is 66.3 Å². The number of nitrogens with one attached hydrogen (secondary N) is 2. The van der Waals surface area contributed by atoms with Crippen molar-refractivity contribution in [2.75, 3.05) is 38.0 Å². The molecule has 3 amide bonds. The van der Waals surface area contributed by atoms with Crippen LogP contribution in [0.3, 0.4) is 0 Å². The highest BCUT2D eigenvalue weighted by atomic mass is 16.2. The van der Waals surface area contributed by atoms with Crippen molar-refractivity contribution >= 4 is 23.4 Å². The Morgan fingerprint density at radius 2 is 1.69 bits per heavy atom. The minimum atomic E-state index is -0.103. The molecule has 142 valence electrons. The lowest BCUT2D eigenvalue weighted by Gasteiger charge is -2.34. The monoisotopic (exact) mass is 360 g/mol. The zero-order chi connectivity index (χ0) is 19.3. The van der Waals surface area contributed by atoms with E-state index in [2.05, 4.69) is 10.6 Å². The second kappa shape index (κ2) is 8.69. The minimum absolute atomic E-state index is 0.00855. The van der Waals surface area contributed by atoms with Crippen LogP contribution in [0, 0.1) is 6.92 Å². The molecule has 0 aromatic heterocycles. The molecule has 0 unspecified atom stereocenters. The van der Waals surface area contributed by atoms with Crippen molar-refractivity contribution in [3.63, 3.8) is 0 Å². The van der Waals surface area contributed by atoms with E-state index < -0.39 is 0 Å². The van der Waals surface area contributed by atoms with Crippen LogP contribution in [0.25, 0.3) is 0 Å². The van der Waals surface area contributed by atoms with Gasteiger partial charge in [-0.2, -0.15) is 0 Å². The van der Waals surface area contributed by atoms with Gasteiger partial charge in [0.15, 0.2) is 0 Å². The summed E-state index contributed by atoms with van der Waals surface area (Å²) < 4.78 is 0. The van der Waals surface area contributed by atoms with E-state index in [4.69, 9.17) is 0 Å². The van der Waals surface area contributed by atoms with Crippen LogP contribution < -0.4 is 10.6 Å². The average Bonchev–Trinajstić information content (AvgIpc) is 2.59. The lowest BCUT2D eigenvalue weighted by Crippen LogP contribution is -2.51. The molecule has 7 nitrogen and oxygen atoms in total. The van der Waals surface area contributed by atoms with Gasteiger partial charge in [-0.25, -0.2) is 0 Å². The zero-order valence-corrected chi connectivity index (χ0v) is 16.0. The van der Waals surface area contributed by atoms with Gasteiger partial charge in [0.05, 0.1) is 6.54 Å². The lowest BCUT2D eigenvalue weighted by atomic mass is 10.1. The van der Waals surface area contributed by atoms with E-state index in [0.29, 0.717) is 31.7 Å². The first-order chi connectivity index (χ1) is 12.3. The van der Waals surface area contributed by atoms with Gasteiger partial charge >= 0.3 is 0 Å². The molecule has 1 saturated heterocycles. The van der Waals surface area contributed by atoms with Crippen LogP contribution in [-0.2, 0) is 9.59 Å². The van der Waals surface area contributed by atoms with Gasteiger partial charge in [-0.1, -0.05) is 0 Å². The van der Waals surface area contributed by atoms with E-state index in [1.54, 1.807) is 22.8 Å². The first kappa shape index (κ1) is 19.8. The third-order valence-corrected chi connectivity index (χ3v) is 4.42. The van der Waals surface area contributed by atoms with Gasteiger partial charge < -0.3 is 20.4 Å². The number of benzene rings is 1. The predicted octanol–water partition coefficient (Wildman–Crippen LogP) is 1.24. The summed E-state index contributed by atoms with van der Waals surface area (Å²) in [5.41, 5.74) is 2.35. The summed E-state index contributed by atoms with van der Waals surface area (Å²) in [5, 5.41) is 6.01. The summed E-state index contributed by atoms with van der Waals surface area (Å²) >= 11 is 0. The molecule has 0 spiro atoms. The van der Waals surface area contributed by atoms with E-state index in [-0.39, 0.29) is 30.3 Å². The van der Waals surface area contributed by atoms with Crippen molar-refractivity contribution in [2.45, 2.75) is 33.7 Å². The number of carbonyl (C=O) groups excluding carboxylic acids is 3. The lowest BCUT2D eigenvalue weighted by molar-refractivity contribution is -0.137. The summed E-state index contributed by atoms with van der Waals surface area (Å²) in [5.74, 6) is -0.0456. The van der Waals surface area contributed by atoms with E-state index in [9.17, 15) is 14.4 Å². The molecule has 0 radical (unpaired) electrons. The first-order valence-electron chi connectivity index (χ1n) is 8.96. The van der Waals surface area contributed by atoms with Crippen molar-refractivity contribution in [2.24, 2.45) is 0 Å². The fraction of sp³-hybridized carbons (Fsp3) is 0.526. The summed E-state index contributed by atoms with van der Waals surface area (Å²) in [6, 6.07) is 5.48. The normalized spacial score (nSPS) is 14.3. The largest absolute Gasteiger partial charge is 0.376 e. The number of nitrogens with zero attached hydrogens (tertiary/aromatic N) is 2. The maximum Gasteiger partial charge on any atom is 0.251 e. The Labute approximate surface area is 154 Å². The Hall–Kier alpha value is -2.57. The van der Waals surface area contributed by atoms with Crippen molar-refractivity contribution in [1.29, 1.82) is 0 Å². The maximum atomic E-state index is 12.4. The second-order valence-corrected chi connectivity index (χ2v) is 6.90. The number of rotatable bonds is 5. The summed E-state index contributed by atoms with van der Waals surface area (Å²) in [6.45, 7) is 9.78. The van der Waals surface area contributed by atoms with E-state index in [1.165, 1.54) is 0 Å². The fourth-order valence-electron chi connectivity index (χ4n) is 2.90. The molecule has 0 bridgehead atoms. The summed E-state index contributed by atoms with van der Waals surface area (Å²) in [7, 11) is 0. The fourth-order valence-corrected chi connectivity index (χ4v) is 2.90. The predicted molar refractivity (Wildman–Crippen MR) is 101 cm³/mol. The number of aryl methyl sites for hydroxylation is 1. The molecule has 26 heavy (non-hydrogen) atoms. The van der Waals surface area contributed by atoms with E-state index in [1.807, 2.05) is 32.9 Å². The van der Waals surface area contributed by atoms with Crippen LogP contribution in [0.2, 0.25) is 0 Å². The topological polar surface area (TPSA) is 81.8 Å². The van der Waals surface area contributed by atoms with Crippen LogP contribution in [0.15, 0.2) is 18.2 Å². The van der Waals surface area contributed by atoms with Gasteiger partial charge in [-0.3, -0.25) is 14.4 Å². The smallest absolute Gasteiger partial charge is 0.251 e. The molecule has 1 aromatic carbocycles. The minimum Gasteiger partial charge on any atom is -0.376 e. The van der Waals surface area contributed by atoms with Gasteiger partial charge in [-0.05, 0) is 44.5 Å². The van der Waals surface area contributed by atoms with E-state index >= 15 is 0 Å². The quantitative estimate of drug-likeness (QED) is 0.828. The molecule has 0 saturated carbocycles. The highest BCUT2D eigenvalue weighted by Crippen LogP contribution is 2.17. The SMILES string of the molecule is CC(=O)N1CCN(C(=O)CNc2ccc(C(=O)NC(C)C)cc2C)CC1. The maximum absolute atomic E-state index is 12.4. The Morgan fingerprint density at radius 1 is 1.08 bits per heavy atom. The molecule has 1 aromatic rings. The number of hydrogen-bond donors (Lipinski definition) is 2. The molecule has 2 N–H and O–H groups in total. The number of amides is 3. The number of hydrogen-bond acceptors (Lipinski definition) is 4. The van der Waals surface area contributed by atoms with Crippen molar-refractivity contribution in [3.05, 3.63) is 29.3 Å². The Morgan fingerprint density at radius 3 is 2.23 bits per heavy atom. The van der Waals surface area contributed by atoms with Crippen molar-refractivity contribution in [1.82, 2.24) is 15.1 Å². The van der Waals surface area contributed by atoms with Gasteiger partial charge in [0.2, 0.25) is 11.8 Å². The standard InChI is InChI=1S/C19H28N4O3/c1-13(2)21-19(26)16-5-6-17(14(3)11-16)20-12-18(25)23-9-7-22(8-10-23)15(4)24/h5-6,11,13,20H,7-10,12H2,1-4H3,(H,21,26). The highest BCUT2D eigenvalue weighted by Gasteiger charge is 2.22. The zero-order valence-electron chi connectivity index (χ0n) is 16.0. The van der Waals surface area contributed by atoms with Crippen molar-refractivity contribution < 1.29 is 14.4 Å². The molecular formula is C19H28N4O3. The molecule has 1 aliphatic heterocycles. The Balaban J connectivity index is 1.88. The number of carbonyl (C=O) groups is 3. The molecule has 1 fully saturated rings. The van der Waals surface area contributed by atoms with Gasteiger partial charge in [0, 0.05) is 50.4 Å². The molecule has 7 heteroatoms. The summed E-state index contributed by atoms with van der Waals surface area (Å²) in [4.78, 5) is 39.3. The second-order valence-electron chi connectivity index (χ2n) is 6.90. The molecule has 2 rings (SSSR count). The first-order valence-corrected chi connectivity index (χ1v) is 8.96.